The highest BCUT2D eigenvalue weighted by molar-refractivity contribution is 9.10. The highest BCUT2D eigenvalue weighted by atomic mass is 79.9. The molecule has 3 heteroatoms. The van der Waals surface area contributed by atoms with Crippen molar-refractivity contribution >= 4 is 53.9 Å². The number of hydrogen-bond donors (Lipinski definition) is 0. The number of Topliss-reactive ketones (excluding diaryl/α,β-unsaturated/α-hetero) is 1. The molecule has 0 unspecified atom stereocenters. The summed E-state index contributed by atoms with van der Waals surface area (Å²) in [6, 6.07) is 28.7. The van der Waals surface area contributed by atoms with E-state index in [-0.39, 0.29) is 5.78 Å². The second-order valence-electron chi connectivity index (χ2n) is 7.07. The highest BCUT2D eigenvalue weighted by Crippen LogP contribution is 2.38. The predicted molar refractivity (Wildman–Crippen MR) is 127 cm³/mol. The third kappa shape index (κ3) is 3.41. The zero-order valence-corrected chi connectivity index (χ0v) is 18.0. The van der Waals surface area contributed by atoms with Crippen LogP contribution in [0.15, 0.2) is 94.8 Å². The van der Waals surface area contributed by atoms with Crippen molar-refractivity contribution in [2.45, 2.75) is 6.42 Å². The topological polar surface area (TPSA) is 17.1 Å². The molecule has 140 valence electrons. The first-order valence-electron chi connectivity index (χ1n) is 9.47. The maximum absolute atomic E-state index is 13.1. The first kappa shape index (κ1) is 18.3. The van der Waals surface area contributed by atoms with E-state index >= 15 is 0 Å². The molecule has 0 aliphatic heterocycles. The largest absolute Gasteiger partial charge is 0.294 e. The lowest BCUT2D eigenvalue weighted by molar-refractivity contribution is 0.0993. The normalized spacial score (nSPS) is 11.2. The minimum Gasteiger partial charge on any atom is -0.294 e. The van der Waals surface area contributed by atoms with Crippen LogP contribution in [0.4, 0.5) is 0 Å². The Morgan fingerprint density at radius 3 is 2.31 bits per heavy atom. The van der Waals surface area contributed by atoms with Gasteiger partial charge >= 0.3 is 0 Å². The van der Waals surface area contributed by atoms with Gasteiger partial charge in [0.15, 0.2) is 5.78 Å². The maximum atomic E-state index is 13.1. The van der Waals surface area contributed by atoms with Crippen molar-refractivity contribution in [2.24, 2.45) is 0 Å². The number of thiophene rings is 1. The van der Waals surface area contributed by atoms with Crippen LogP contribution in [0, 0.1) is 0 Å². The minimum absolute atomic E-state index is 0.134. The lowest BCUT2D eigenvalue weighted by Gasteiger charge is -2.13. The van der Waals surface area contributed by atoms with Gasteiger partial charge in [-0.15, -0.1) is 11.3 Å². The van der Waals surface area contributed by atoms with E-state index in [1.165, 1.54) is 15.6 Å². The number of rotatable bonds is 4. The first-order chi connectivity index (χ1) is 14.2. The van der Waals surface area contributed by atoms with Gasteiger partial charge in [-0.25, -0.2) is 0 Å². The van der Waals surface area contributed by atoms with E-state index in [2.05, 4.69) is 69.8 Å². The average molecular weight is 457 g/mol. The van der Waals surface area contributed by atoms with Crippen molar-refractivity contribution in [2.75, 3.05) is 0 Å². The minimum atomic E-state index is 0.134. The summed E-state index contributed by atoms with van der Waals surface area (Å²) in [4.78, 5) is 13.1. The quantitative estimate of drug-likeness (QED) is 0.251. The van der Waals surface area contributed by atoms with E-state index in [9.17, 15) is 4.79 Å². The molecule has 0 saturated carbocycles. The summed E-state index contributed by atoms with van der Waals surface area (Å²) in [5.74, 6) is 0.134. The summed E-state index contributed by atoms with van der Waals surface area (Å²) in [5, 5.41) is 5.76. The van der Waals surface area contributed by atoms with E-state index in [1.807, 2.05) is 36.4 Å². The molecule has 5 aromatic rings. The zero-order chi connectivity index (χ0) is 19.8. The summed E-state index contributed by atoms with van der Waals surface area (Å²) in [6.45, 7) is 0. The van der Waals surface area contributed by atoms with Gasteiger partial charge in [0.1, 0.15) is 0 Å². The molecule has 0 saturated heterocycles. The molecule has 29 heavy (non-hydrogen) atoms. The molecule has 5 rings (SSSR count). The molecule has 0 bridgehead atoms. The number of halogens is 1. The fourth-order valence-electron chi connectivity index (χ4n) is 3.86. The number of benzene rings is 4. The summed E-state index contributed by atoms with van der Waals surface area (Å²) in [5.41, 5.74) is 4.18. The standard InChI is InChI=1S/C26H17BrOS/c27-19-12-9-18(10-13-19)25(28)15-23-20-6-2-1-5-17(20)11-14-21(23)24-16-29-26-8-4-3-7-22(24)26/h1-14,16H,15H2. The molecule has 4 aromatic carbocycles. The molecule has 0 atom stereocenters. The molecule has 0 aliphatic rings. The Kier molecular flexibility index (Phi) is 4.78. The lowest BCUT2D eigenvalue weighted by atomic mass is 9.90. The van der Waals surface area contributed by atoms with E-state index in [4.69, 9.17) is 0 Å². The highest BCUT2D eigenvalue weighted by Gasteiger charge is 2.17. The van der Waals surface area contributed by atoms with E-state index < -0.39 is 0 Å². The Hall–Kier alpha value is -2.75. The van der Waals surface area contributed by atoms with Gasteiger partial charge in [0.05, 0.1) is 0 Å². The molecule has 0 N–H and O–H groups in total. The summed E-state index contributed by atoms with van der Waals surface area (Å²) >= 11 is 5.19. The second kappa shape index (κ2) is 7.58. The third-order valence-corrected chi connectivity index (χ3v) is 6.81. The monoisotopic (exact) mass is 456 g/mol. The average Bonchev–Trinajstić information content (AvgIpc) is 3.18. The zero-order valence-electron chi connectivity index (χ0n) is 15.6. The Morgan fingerprint density at radius 2 is 1.48 bits per heavy atom. The van der Waals surface area contributed by atoms with Crippen molar-refractivity contribution in [3.05, 3.63) is 106 Å². The van der Waals surface area contributed by atoms with E-state index in [0.29, 0.717) is 6.42 Å². The van der Waals surface area contributed by atoms with Crippen molar-refractivity contribution in [3.8, 4) is 11.1 Å². The number of ketones is 1. The van der Waals surface area contributed by atoms with Crippen LogP contribution in [0.25, 0.3) is 32.0 Å². The third-order valence-electron chi connectivity index (χ3n) is 5.32. The fourth-order valence-corrected chi connectivity index (χ4v) is 5.09. The molecule has 1 aromatic heterocycles. The van der Waals surface area contributed by atoms with Crippen molar-refractivity contribution in [3.63, 3.8) is 0 Å². The van der Waals surface area contributed by atoms with Crippen LogP contribution in [0.3, 0.4) is 0 Å². The van der Waals surface area contributed by atoms with Crippen LogP contribution in [-0.4, -0.2) is 5.78 Å². The molecule has 0 amide bonds. The van der Waals surface area contributed by atoms with E-state index in [1.54, 1.807) is 11.3 Å². The van der Waals surface area contributed by atoms with Crippen LogP contribution in [0.2, 0.25) is 0 Å². The Balaban J connectivity index is 1.69. The molecule has 0 fully saturated rings. The molecular formula is C26H17BrOS. The van der Waals surface area contributed by atoms with Crippen molar-refractivity contribution < 1.29 is 4.79 Å². The summed E-state index contributed by atoms with van der Waals surface area (Å²) < 4.78 is 2.24. The molecular weight excluding hydrogens is 440 g/mol. The van der Waals surface area contributed by atoms with E-state index in [0.717, 1.165) is 31.9 Å². The fraction of sp³-hybridized carbons (Fsp3) is 0.0385. The van der Waals surface area contributed by atoms with Gasteiger partial charge in [0.25, 0.3) is 0 Å². The van der Waals surface area contributed by atoms with Crippen LogP contribution in [0.1, 0.15) is 15.9 Å². The van der Waals surface area contributed by atoms with Crippen LogP contribution >= 0.6 is 27.3 Å². The number of carbonyl (C=O) groups excluding carboxylic acids is 1. The molecule has 1 heterocycles. The first-order valence-corrected chi connectivity index (χ1v) is 11.1. The number of hydrogen-bond acceptors (Lipinski definition) is 2. The smallest absolute Gasteiger partial charge is 0.167 e. The molecule has 1 nitrogen and oxygen atoms in total. The Morgan fingerprint density at radius 1 is 0.759 bits per heavy atom. The molecule has 0 radical (unpaired) electrons. The van der Waals surface area contributed by atoms with Gasteiger partial charge in [-0.3, -0.25) is 4.79 Å². The van der Waals surface area contributed by atoms with Gasteiger partial charge in [0, 0.05) is 32.1 Å². The van der Waals surface area contributed by atoms with Gasteiger partial charge in [-0.1, -0.05) is 82.7 Å². The van der Waals surface area contributed by atoms with Gasteiger partial charge < -0.3 is 0 Å². The summed E-state index contributed by atoms with van der Waals surface area (Å²) in [6.07, 6.45) is 0.377. The van der Waals surface area contributed by atoms with Crippen LogP contribution in [-0.2, 0) is 6.42 Å². The maximum Gasteiger partial charge on any atom is 0.167 e. The lowest BCUT2D eigenvalue weighted by Crippen LogP contribution is -2.05. The number of fused-ring (bicyclic) bond motifs is 2. The predicted octanol–water partition coefficient (Wildman–Crippen LogP) is 7.91. The number of carbonyl (C=O) groups is 1. The Bertz CT molecular complexity index is 1350. The SMILES string of the molecule is O=C(Cc1c(-c2csc3ccccc23)ccc2ccccc12)c1ccc(Br)cc1. The second-order valence-corrected chi connectivity index (χ2v) is 8.89. The van der Waals surface area contributed by atoms with Crippen molar-refractivity contribution in [1.29, 1.82) is 0 Å². The van der Waals surface area contributed by atoms with Gasteiger partial charge in [-0.2, -0.15) is 0 Å². The Labute approximate surface area is 181 Å². The van der Waals surface area contributed by atoms with Gasteiger partial charge in [-0.05, 0) is 45.5 Å². The van der Waals surface area contributed by atoms with Gasteiger partial charge in [0.2, 0.25) is 0 Å². The summed E-state index contributed by atoms with van der Waals surface area (Å²) in [7, 11) is 0. The molecule has 0 aliphatic carbocycles. The van der Waals surface area contributed by atoms with Crippen LogP contribution in [0.5, 0.6) is 0 Å². The van der Waals surface area contributed by atoms with Crippen molar-refractivity contribution in [1.82, 2.24) is 0 Å². The molecule has 0 spiro atoms. The van der Waals surface area contributed by atoms with Crippen LogP contribution < -0.4 is 0 Å².